The highest BCUT2D eigenvalue weighted by molar-refractivity contribution is 5.95. The van der Waals surface area contributed by atoms with Gasteiger partial charge in [-0.1, -0.05) is 179 Å². The zero-order chi connectivity index (χ0) is 69.0. The van der Waals surface area contributed by atoms with Gasteiger partial charge < -0.3 is 31.3 Å². The molecule has 12 nitrogen and oxygen atoms in total. The number of rotatable bonds is 38. The maximum atomic E-state index is 14.4. The number of allylic oxidation sites excluding steroid dienone is 28. The normalized spacial score (nSPS) is 18.6. The molecule has 3 aliphatic carbocycles. The Labute approximate surface area is 562 Å². The van der Waals surface area contributed by atoms with Crippen LogP contribution in [0.3, 0.4) is 0 Å². The van der Waals surface area contributed by atoms with Crippen LogP contribution in [0.5, 0.6) is 0 Å². The zero-order valence-corrected chi connectivity index (χ0v) is 60.4. The second-order valence-electron chi connectivity index (χ2n) is 28.3. The van der Waals surface area contributed by atoms with Gasteiger partial charge in [0.25, 0.3) is 0 Å². The molecule has 0 fully saturated rings. The molecule has 0 radical (unpaired) electrons. The van der Waals surface area contributed by atoms with Gasteiger partial charge in [0.15, 0.2) is 5.78 Å². The van der Waals surface area contributed by atoms with E-state index in [0.29, 0.717) is 89.8 Å². The lowest BCUT2D eigenvalue weighted by molar-refractivity contribution is -0.131. The van der Waals surface area contributed by atoms with Gasteiger partial charge in [-0.2, -0.15) is 0 Å². The van der Waals surface area contributed by atoms with Crippen LogP contribution in [0.15, 0.2) is 176 Å². The Balaban J connectivity index is 1.74. The number of ketones is 1. The molecule has 3 aliphatic rings. The SMILES string of the molecule is CC(=O)NCCCOCCCNC(=O)C(CCCCNC(=O)/C=C(C)/C=C/C=C(C)/C=C/C1=C(C)CCCC1(C)C)NC(=O)C(CCCCCC(=O)/C=C(C)/C=C/C=C(C)/C=C/C1=C(C)CCCC1(C)C)NC(=O)/C=C(C)/C=C/C=C(C)/C=C/C1=C(C)CCCC1(C)C. The number of hydrogen-bond donors (Lipinski definition) is 5. The summed E-state index contributed by atoms with van der Waals surface area (Å²) in [5.41, 5.74) is 14.8. The van der Waals surface area contributed by atoms with Crippen molar-refractivity contribution in [2.45, 2.75) is 245 Å². The van der Waals surface area contributed by atoms with Crippen LogP contribution in [0.1, 0.15) is 233 Å². The van der Waals surface area contributed by atoms with Crippen molar-refractivity contribution < 1.29 is 33.5 Å². The van der Waals surface area contributed by atoms with E-state index in [4.69, 9.17) is 4.74 Å². The number of unbranched alkanes of at least 4 members (excludes halogenated alkanes) is 3. The smallest absolute Gasteiger partial charge is 0.244 e. The average molecular weight is 1280 g/mol. The quantitative estimate of drug-likeness (QED) is 0.0233. The number of carbonyl (C=O) groups is 6. The Bertz CT molecular complexity index is 3020. The van der Waals surface area contributed by atoms with E-state index in [2.05, 4.69) is 152 Å². The summed E-state index contributed by atoms with van der Waals surface area (Å²) in [6.07, 6.45) is 51.2. The van der Waals surface area contributed by atoms with Gasteiger partial charge in [-0.3, -0.25) is 28.8 Å². The summed E-state index contributed by atoms with van der Waals surface area (Å²) in [4.78, 5) is 79.6. The zero-order valence-electron chi connectivity index (χ0n) is 60.4. The monoisotopic (exact) mass is 1280 g/mol. The lowest BCUT2D eigenvalue weighted by atomic mass is 9.72. The van der Waals surface area contributed by atoms with Crippen molar-refractivity contribution in [2.75, 3.05) is 32.8 Å². The molecular formula is C81H121N5O7. The summed E-state index contributed by atoms with van der Waals surface area (Å²) in [5, 5.41) is 14.6. The fourth-order valence-corrected chi connectivity index (χ4v) is 12.4. The molecule has 0 saturated carbocycles. The molecule has 5 N–H and O–H groups in total. The first kappa shape index (κ1) is 80.3. The topological polar surface area (TPSA) is 172 Å². The highest BCUT2D eigenvalue weighted by Crippen LogP contribution is 2.43. The largest absolute Gasteiger partial charge is 0.381 e. The van der Waals surface area contributed by atoms with Gasteiger partial charge in [0.1, 0.15) is 12.1 Å². The van der Waals surface area contributed by atoms with Crippen LogP contribution < -0.4 is 26.6 Å². The van der Waals surface area contributed by atoms with Gasteiger partial charge >= 0.3 is 0 Å². The Hall–Kier alpha value is -6.92. The third-order valence-electron chi connectivity index (χ3n) is 17.9. The molecule has 3 rings (SSSR count). The van der Waals surface area contributed by atoms with Gasteiger partial charge in [-0.05, 0) is 221 Å². The van der Waals surface area contributed by atoms with E-state index < -0.39 is 23.9 Å². The van der Waals surface area contributed by atoms with Gasteiger partial charge in [0.2, 0.25) is 29.5 Å². The van der Waals surface area contributed by atoms with Crippen LogP contribution in [0.4, 0.5) is 0 Å². The first-order valence-corrected chi connectivity index (χ1v) is 34.8. The number of nitrogens with one attached hydrogen (secondary N) is 5. The van der Waals surface area contributed by atoms with E-state index in [1.165, 1.54) is 85.0 Å². The van der Waals surface area contributed by atoms with Crippen LogP contribution in [0.2, 0.25) is 0 Å². The van der Waals surface area contributed by atoms with Crippen molar-refractivity contribution in [1.29, 1.82) is 0 Å². The molecule has 512 valence electrons. The Kier molecular flexibility index (Phi) is 36.6. The third-order valence-corrected chi connectivity index (χ3v) is 17.9. The van der Waals surface area contributed by atoms with E-state index in [0.717, 1.165) is 47.1 Å². The molecule has 0 aromatic heterocycles. The van der Waals surface area contributed by atoms with E-state index >= 15 is 0 Å². The van der Waals surface area contributed by atoms with E-state index in [9.17, 15) is 28.8 Å². The minimum Gasteiger partial charge on any atom is -0.381 e. The predicted octanol–water partition coefficient (Wildman–Crippen LogP) is 17.4. The van der Waals surface area contributed by atoms with Gasteiger partial charge in [-0.25, -0.2) is 0 Å². The fourth-order valence-electron chi connectivity index (χ4n) is 12.4. The second-order valence-corrected chi connectivity index (χ2v) is 28.3. The fraction of sp³-hybridized carbons (Fsp3) is 0.556. The summed E-state index contributed by atoms with van der Waals surface area (Å²) in [6, 6.07) is -1.90. The van der Waals surface area contributed by atoms with Crippen LogP contribution in [0.25, 0.3) is 0 Å². The molecular weight excluding hydrogens is 1150 g/mol. The number of ether oxygens (including phenoxy) is 1. The lowest BCUT2D eigenvalue weighted by Gasteiger charge is -2.33. The Morgan fingerprint density at radius 2 is 0.828 bits per heavy atom. The molecule has 0 aliphatic heterocycles. The number of carbonyl (C=O) groups excluding carboxylic acids is 6. The Morgan fingerprint density at radius 1 is 0.430 bits per heavy atom. The van der Waals surface area contributed by atoms with E-state index in [1.54, 1.807) is 12.2 Å². The predicted molar refractivity (Wildman–Crippen MR) is 389 cm³/mol. The van der Waals surface area contributed by atoms with Crippen molar-refractivity contribution >= 4 is 35.3 Å². The first-order valence-electron chi connectivity index (χ1n) is 34.8. The molecule has 0 spiro atoms. The summed E-state index contributed by atoms with van der Waals surface area (Å²) in [5.74, 6) is -1.58. The Morgan fingerprint density at radius 3 is 1.27 bits per heavy atom. The third kappa shape index (κ3) is 33.2. The van der Waals surface area contributed by atoms with Crippen LogP contribution in [-0.4, -0.2) is 80.3 Å². The van der Waals surface area contributed by atoms with Gasteiger partial charge in [-0.15, -0.1) is 0 Å². The highest BCUT2D eigenvalue weighted by Gasteiger charge is 2.30. The summed E-state index contributed by atoms with van der Waals surface area (Å²) in [7, 11) is 0. The number of hydrogen-bond acceptors (Lipinski definition) is 7. The van der Waals surface area contributed by atoms with Gasteiger partial charge in [0.05, 0.1) is 0 Å². The molecule has 0 heterocycles. The van der Waals surface area contributed by atoms with Crippen molar-refractivity contribution in [1.82, 2.24) is 26.6 Å². The van der Waals surface area contributed by atoms with Crippen LogP contribution >= 0.6 is 0 Å². The maximum Gasteiger partial charge on any atom is 0.244 e. The summed E-state index contributed by atoms with van der Waals surface area (Å²) < 4.78 is 5.72. The van der Waals surface area contributed by atoms with Crippen molar-refractivity contribution in [3.8, 4) is 0 Å². The first-order chi connectivity index (χ1) is 44.0. The van der Waals surface area contributed by atoms with Crippen LogP contribution in [0, 0.1) is 16.2 Å². The molecule has 12 heteroatoms. The highest BCUT2D eigenvalue weighted by atomic mass is 16.5. The van der Waals surface area contributed by atoms with Crippen molar-refractivity contribution in [3.05, 3.63) is 176 Å². The minimum absolute atomic E-state index is 0.0211. The minimum atomic E-state index is -0.972. The molecule has 2 unspecified atom stereocenters. The van der Waals surface area contributed by atoms with E-state index in [1.807, 2.05) is 69.4 Å². The summed E-state index contributed by atoms with van der Waals surface area (Å²) >= 11 is 0. The van der Waals surface area contributed by atoms with Crippen LogP contribution in [-0.2, 0) is 33.5 Å². The maximum absolute atomic E-state index is 14.4. The van der Waals surface area contributed by atoms with Gasteiger partial charge in [0, 0.05) is 58.3 Å². The summed E-state index contributed by atoms with van der Waals surface area (Å²) in [6.45, 7) is 36.0. The second kappa shape index (κ2) is 42.4. The standard InChI is InChI=1S/C81H121N5O7/c1-59(42-45-70-65(7)36-25-48-79(70,11)12)30-22-33-62(4)56-69(88)39-18-17-19-40-74(85-76(90)58-64(6)35-24-32-61(3)44-47-72-67(9)38-27-50-81(72,15)16)78(92)86-73(77(91)84-53-29-55-93-54-28-52-82-68(10)87)41-20-21-51-83-75(89)57-63(5)34-23-31-60(2)43-46-71-66(8)37-26-49-80(71,13)14/h22-24,30-35,42-47,56-58,73-74H,17-21,25-29,36-41,48-55H2,1-16H3,(H,82,87)(H,83,89)(H,84,91)(H,85,90)(H,86,92)/b33-22+,34-23+,35-24+,45-42+,46-43+,47-44+,59-30+,60-31+,61-32+,62-56+,63-57+,64-58+. The lowest BCUT2D eigenvalue weighted by Crippen LogP contribution is -2.53. The molecule has 0 aromatic carbocycles. The molecule has 2 atom stereocenters. The van der Waals surface area contributed by atoms with Crippen molar-refractivity contribution in [3.63, 3.8) is 0 Å². The molecule has 93 heavy (non-hydrogen) atoms. The number of amides is 5. The molecule has 0 bridgehead atoms. The molecule has 0 aromatic rings. The van der Waals surface area contributed by atoms with E-state index in [-0.39, 0.29) is 52.6 Å². The van der Waals surface area contributed by atoms with Crippen molar-refractivity contribution in [2.24, 2.45) is 16.2 Å². The molecule has 5 amide bonds. The average Bonchev–Trinajstić information content (AvgIpc) is 0.915. The molecule has 0 saturated heterocycles.